The van der Waals surface area contributed by atoms with Gasteiger partial charge in [-0.1, -0.05) is 36.5 Å². The summed E-state index contributed by atoms with van der Waals surface area (Å²) >= 11 is 0. The van der Waals surface area contributed by atoms with Crippen LogP contribution in [0.1, 0.15) is 19.3 Å². The molecule has 2 bridgehead atoms. The molecule has 0 aromatic rings. The Hall–Kier alpha value is -2.48. The van der Waals surface area contributed by atoms with E-state index in [2.05, 4.69) is 24.3 Å². The predicted octanol–water partition coefficient (Wildman–Crippen LogP) is 3.46. The fourth-order valence-corrected chi connectivity index (χ4v) is 3.29. The molecule has 4 aliphatic carbocycles. The molecule has 0 aliphatic heterocycles. The number of carbonyl (C=O) groups excluding carboxylic acids is 2. The molecule has 2 nitrogen and oxygen atoms in total. The van der Waals surface area contributed by atoms with E-state index in [0.717, 1.165) is 6.42 Å². The molecular formula is C19H14O2. The Balaban J connectivity index is 1.85. The molecule has 0 saturated heterocycles. The van der Waals surface area contributed by atoms with Gasteiger partial charge in [0.15, 0.2) is 11.6 Å². The van der Waals surface area contributed by atoms with Crippen molar-refractivity contribution in [3.05, 3.63) is 82.0 Å². The first-order chi connectivity index (χ1) is 10.2. The average Bonchev–Trinajstić information content (AvgIpc) is 2.79. The van der Waals surface area contributed by atoms with Crippen molar-refractivity contribution in [2.45, 2.75) is 19.3 Å². The molecule has 4 rings (SSSR count). The molecule has 0 aromatic heterocycles. The fourth-order valence-electron chi connectivity index (χ4n) is 3.29. The van der Waals surface area contributed by atoms with Crippen LogP contribution >= 0.6 is 0 Å². The molecule has 0 aromatic carbocycles. The summed E-state index contributed by atoms with van der Waals surface area (Å²) in [6.07, 6.45) is 17.6. The van der Waals surface area contributed by atoms with Crippen molar-refractivity contribution in [2.75, 3.05) is 0 Å². The minimum Gasteiger partial charge on any atom is -0.290 e. The molecule has 21 heavy (non-hydrogen) atoms. The van der Waals surface area contributed by atoms with E-state index >= 15 is 0 Å². The number of rotatable bonds is 0. The van der Waals surface area contributed by atoms with Gasteiger partial charge < -0.3 is 0 Å². The normalized spacial score (nSPS) is 23.4. The highest BCUT2D eigenvalue weighted by molar-refractivity contribution is 6.21. The van der Waals surface area contributed by atoms with Crippen LogP contribution in [0.15, 0.2) is 82.0 Å². The first kappa shape index (κ1) is 12.3. The van der Waals surface area contributed by atoms with Gasteiger partial charge in [0, 0.05) is 24.0 Å². The molecule has 0 amide bonds. The van der Waals surface area contributed by atoms with E-state index in [1.807, 2.05) is 12.2 Å². The molecule has 0 atom stereocenters. The van der Waals surface area contributed by atoms with Gasteiger partial charge in [-0.2, -0.15) is 0 Å². The van der Waals surface area contributed by atoms with Crippen molar-refractivity contribution in [1.82, 2.24) is 0 Å². The van der Waals surface area contributed by atoms with E-state index in [-0.39, 0.29) is 11.6 Å². The van der Waals surface area contributed by atoms with Gasteiger partial charge in [0.1, 0.15) is 0 Å². The second-order valence-electron chi connectivity index (χ2n) is 5.76. The summed E-state index contributed by atoms with van der Waals surface area (Å²) in [4.78, 5) is 24.1. The molecule has 0 fully saturated rings. The molecule has 0 saturated carbocycles. The van der Waals surface area contributed by atoms with E-state index in [1.54, 1.807) is 0 Å². The van der Waals surface area contributed by atoms with Crippen molar-refractivity contribution < 1.29 is 9.59 Å². The highest BCUT2D eigenvalue weighted by Crippen LogP contribution is 2.40. The lowest BCUT2D eigenvalue weighted by atomic mass is 9.78. The molecule has 2 heteroatoms. The van der Waals surface area contributed by atoms with Gasteiger partial charge in [0.25, 0.3) is 0 Å². The Kier molecular flexibility index (Phi) is 2.64. The lowest BCUT2D eigenvalue weighted by Gasteiger charge is -2.24. The van der Waals surface area contributed by atoms with Crippen LogP contribution in [0.3, 0.4) is 0 Å². The van der Waals surface area contributed by atoms with Crippen LogP contribution in [-0.4, -0.2) is 11.6 Å². The zero-order valence-electron chi connectivity index (χ0n) is 11.6. The van der Waals surface area contributed by atoms with Gasteiger partial charge >= 0.3 is 0 Å². The number of hydrogen-bond acceptors (Lipinski definition) is 2. The van der Waals surface area contributed by atoms with Crippen LogP contribution in [0.4, 0.5) is 0 Å². The Morgan fingerprint density at radius 3 is 1.62 bits per heavy atom. The van der Waals surface area contributed by atoms with Gasteiger partial charge in [0.05, 0.1) is 0 Å². The van der Waals surface area contributed by atoms with Crippen molar-refractivity contribution in [3.8, 4) is 0 Å². The molecule has 0 unspecified atom stereocenters. The minimum absolute atomic E-state index is 0.0120. The van der Waals surface area contributed by atoms with Gasteiger partial charge in [-0.25, -0.2) is 0 Å². The Labute approximate surface area is 123 Å². The standard InChI is InChI=1S/C19H14O2/c20-18-5-6-19(21)17-11-15-9-13-4-2-1-3-12(7-13)8-14(15)10-16(17)18/h1-6,8-9H,7,10-11H2. The molecular weight excluding hydrogens is 260 g/mol. The number of ketones is 2. The second-order valence-corrected chi connectivity index (χ2v) is 5.76. The van der Waals surface area contributed by atoms with Crippen LogP contribution in [0.5, 0.6) is 0 Å². The smallest absolute Gasteiger partial charge is 0.182 e. The molecule has 4 aliphatic rings. The van der Waals surface area contributed by atoms with Gasteiger partial charge in [0.2, 0.25) is 0 Å². The lowest BCUT2D eigenvalue weighted by Crippen LogP contribution is -2.19. The highest BCUT2D eigenvalue weighted by Gasteiger charge is 2.30. The largest absolute Gasteiger partial charge is 0.290 e. The third-order valence-electron chi connectivity index (χ3n) is 4.35. The van der Waals surface area contributed by atoms with Crippen LogP contribution in [-0.2, 0) is 9.59 Å². The van der Waals surface area contributed by atoms with Gasteiger partial charge in [-0.05, 0) is 40.9 Å². The van der Waals surface area contributed by atoms with Gasteiger partial charge in [-0.3, -0.25) is 9.59 Å². The van der Waals surface area contributed by atoms with E-state index in [9.17, 15) is 9.59 Å². The SMILES string of the molecule is O=C1C=CC(=O)C2=C1CC1=CC3=CC=CC=C(C=C1C2)C3. The number of carbonyl (C=O) groups is 2. The number of allylic oxidation sites excluding steroid dienone is 14. The molecule has 0 radical (unpaired) electrons. The van der Waals surface area contributed by atoms with Gasteiger partial charge in [-0.15, -0.1) is 0 Å². The second kappa shape index (κ2) is 4.52. The average molecular weight is 274 g/mol. The van der Waals surface area contributed by atoms with E-state index in [0.29, 0.717) is 24.0 Å². The predicted molar refractivity (Wildman–Crippen MR) is 81.5 cm³/mol. The van der Waals surface area contributed by atoms with E-state index in [4.69, 9.17) is 0 Å². The summed E-state index contributed by atoms with van der Waals surface area (Å²) in [6.45, 7) is 0. The fraction of sp³-hybridized carbons (Fsp3) is 0.158. The third kappa shape index (κ3) is 2.04. The first-order valence-corrected chi connectivity index (χ1v) is 7.17. The van der Waals surface area contributed by atoms with Crippen LogP contribution in [0.2, 0.25) is 0 Å². The zero-order valence-corrected chi connectivity index (χ0v) is 11.6. The summed E-state index contributed by atoms with van der Waals surface area (Å²) in [5.41, 5.74) is 6.23. The number of fused-ring (bicyclic) bond motifs is 3. The molecule has 0 N–H and O–H groups in total. The summed E-state index contributed by atoms with van der Waals surface area (Å²) in [5, 5.41) is 0. The maximum absolute atomic E-state index is 12.0. The quantitative estimate of drug-likeness (QED) is 0.634. The third-order valence-corrected chi connectivity index (χ3v) is 4.35. The zero-order chi connectivity index (χ0) is 14.4. The highest BCUT2D eigenvalue weighted by atomic mass is 16.1. The Morgan fingerprint density at radius 1 is 0.667 bits per heavy atom. The topological polar surface area (TPSA) is 34.1 Å². The van der Waals surface area contributed by atoms with Crippen molar-refractivity contribution >= 4 is 11.6 Å². The Bertz CT molecular complexity index is 725. The minimum atomic E-state index is -0.0120. The van der Waals surface area contributed by atoms with Crippen molar-refractivity contribution in [2.24, 2.45) is 0 Å². The Morgan fingerprint density at radius 2 is 1.14 bits per heavy atom. The first-order valence-electron chi connectivity index (χ1n) is 7.17. The molecule has 0 heterocycles. The summed E-state index contributed by atoms with van der Waals surface area (Å²) in [7, 11) is 0. The summed E-state index contributed by atoms with van der Waals surface area (Å²) in [5.74, 6) is -0.0239. The summed E-state index contributed by atoms with van der Waals surface area (Å²) < 4.78 is 0. The summed E-state index contributed by atoms with van der Waals surface area (Å²) in [6, 6.07) is 0. The van der Waals surface area contributed by atoms with Crippen molar-refractivity contribution in [1.29, 1.82) is 0 Å². The molecule has 102 valence electrons. The monoisotopic (exact) mass is 274 g/mol. The number of hydrogen-bond donors (Lipinski definition) is 0. The van der Waals surface area contributed by atoms with Crippen LogP contribution in [0, 0.1) is 0 Å². The maximum atomic E-state index is 12.0. The van der Waals surface area contributed by atoms with Crippen LogP contribution in [0.25, 0.3) is 0 Å². The van der Waals surface area contributed by atoms with E-state index < -0.39 is 0 Å². The molecule has 0 spiro atoms. The maximum Gasteiger partial charge on any atom is 0.182 e. The lowest BCUT2D eigenvalue weighted by molar-refractivity contribution is -0.115. The van der Waals surface area contributed by atoms with Crippen LogP contribution < -0.4 is 0 Å². The van der Waals surface area contributed by atoms with Crippen molar-refractivity contribution in [3.63, 3.8) is 0 Å². The van der Waals surface area contributed by atoms with E-state index in [1.165, 1.54) is 34.4 Å².